The van der Waals surface area contributed by atoms with Crippen LogP contribution in [0.3, 0.4) is 0 Å². The van der Waals surface area contributed by atoms with Crippen LogP contribution >= 0.6 is 11.6 Å². The minimum atomic E-state index is -3.80. The summed E-state index contributed by atoms with van der Waals surface area (Å²) >= 11 is 5.82. The smallest absolute Gasteiger partial charge is 0.310 e. The lowest BCUT2D eigenvalue weighted by molar-refractivity contribution is -0.147. The number of carbonyl (C=O) groups is 1. The third kappa shape index (κ3) is 3.21. The molecule has 2 unspecified atom stereocenters. The molecule has 1 aromatic rings. The van der Waals surface area contributed by atoms with Gasteiger partial charge in [-0.2, -0.15) is 4.31 Å². The quantitative estimate of drug-likeness (QED) is 0.863. The van der Waals surface area contributed by atoms with E-state index in [-0.39, 0.29) is 24.4 Å². The molecule has 1 heterocycles. The first-order valence-electron chi connectivity index (χ1n) is 6.40. The highest BCUT2D eigenvalue weighted by molar-refractivity contribution is 7.89. The molecule has 0 bridgehead atoms. The third-order valence-corrected chi connectivity index (χ3v) is 5.87. The number of nitrogens with zero attached hydrogens (tertiary/aromatic N) is 1. The lowest BCUT2D eigenvalue weighted by Crippen LogP contribution is -2.48. The number of rotatable bonds is 3. The zero-order valence-corrected chi connectivity index (χ0v) is 12.9. The first kappa shape index (κ1) is 16.2. The molecule has 2 atom stereocenters. The van der Waals surface area contributed by atoms with Gasteiger partial charge in [0.2, 0.25) is 10.0 Å². The molecule has 0 spiro atoms. The molecule has 1 fully saturated rings. The van der Waals surface area contributed by atoms with E-state index in [1.807, 2.05) is 0 Å². The highest BCUT2D eigenvalue weighted by atomic mass is 35.5. The predicted molar refractivity (Wildman–Crippen MR) is 76.7 cm³/mol. The van der Waals surface area contributed by atoms with Crippen LogP contribution in [0.15, 0.2) is 23.1 Å². The summed E-state index contributed by atoms with van der Waals surface area (Å²) in [7, 11) is -3.80. The monoisotopic (exact) mass is 333 g/mol. The van der Waals surface area contributed by atoms with Crippen molar-refractivity contribution in [2.45, 2.75) is 24.3 Å². The molecule has 2 N–H and O–H groups in total. The van der Waals surface area contributed by atoms with Gasteiger partial charge in [-0.3, -0.25) is 4.79 Å². The summed E-state index contributed by atoms with van der Waals surface area (Å²) in [4.78, 5) is 11.2. The zero-order chi connectivity index (χ0) is 15.8. The van der Waals surface area contributed by atoms with E-state index >= 15 is 0 Å². The van der Waals surface area contributed by atoms with Gasteiger partial charge in [0.05, 0.1) is 16.9 Å². The van der Waals surface area contributed by atoms with Gasteiger partial charge in [-0.25, -0.2) is 8.42 Å². The summed E-state index contributed by atoms with van der Waals surface area (Å²) in [5.74, 6) is -2.31. The Kier molecular flexibility index (Phi) is 4.57. The number of aliphatic hydroxyl groups is 1. The molecule has 1 aliphatic heterocycles. The highest BCUT2D eigenvalue weighted by Crippen LogP contribution is 2.27. The molecule has 0 amide bonds. The molecule has 8 heteroatoms. The summed E-state index contributed by atoms with van der Waals surface area (Å²) in [6, 6.07) is 4.44. The maximum atomic E-state index is 12.6. The molecule has 6 nitrogen and oxygen atoms in total. The minimum Gasteiger partial charge on any atom is -0.481 e. The molecule has 21 heavy (non-hydrogen) atoms. The van der Waals surface area contributed by atoms with Crippen molar-refractivity contribution < 1.29 is 23.4 Å². The molecule has 0 radical (unpaired) electrons. The number of hydrogen-bond acceptors (Lipinski definition) is 4. The number of halogens is 1. The highest BCUT2D eigenvalue weighted by Gasteiger charge is 2.38. The summed E-state index contributed by atoms with van der Waals surface area (Å²) < 4.78 is 26.3. The van der Waals surface area contributed by atoms with E-state index in [4.69, 9.17) is 16.7 Å². The van der Waals surface area contributed by atoms with Crippen LogP contribution in [0.4, 0.5) is 0 Å². The van der Waals surface area contributed by atoms with Gasteiger partial charge in [0, 0.05) is 18.1 Å². The Bertz CT molecular complexity index is 661. The first-order valence-corrected chi connectivity index (χ1v) is 8.22. The second-order valence-electron chi connectivity index (χ2n) is 5.07. The van der Waals surface area contributed by atoms with Gasteiger partial charge >= 0.3 is 5.97 Å². The summed E-state index contributed by atoms with van der Waals surface area (Å²) in [6.07, 6.45) is -0.927. The van der Waals surface area contributed by atoms with Gasteiger partial charge < -0.3 is 10.2 Å². The number of carboxylic acid groups (broad SMARTS) is 1. The summed E-state index contributed by atoms with van der Waals surface area (Å²) in [5, 5.41) is 19.2. The SMILES string of the molecule is Cc1cc(Cl)ccc1S(=O)(=O)N1CCC(O)C(C(=O)O)C1. The van der Waals surface area contributed by atoms with Crippen molar-refractivity contribution in [2.24, 2.45) is 5.92 Å². The second-order valence-corrected chi connectivity index (χ2v) is 7.42. The van der Waals surface area contributed by atoms with E-state index in [0.717, 1.165) is 4.31 Å². The fraction of sp³-hybridized carbons (Fsp3) is 0.462. The predicted octanol–water partition coefficient (Wildman–Crippen LogP) is 1.10. The molecular formula is C13H16ClNO5S. The molecule has 0 aliphatic carbocycles. The van der Waals surface area contributed by atoms with Crippen LogP contribution in [0.25, 0.3) is 0 Å². The fourth-order valence-corrected chi connectivity index (χ4v) is 4.33. The van der Waals surface area contributed by atoms with Crippen molar-refractivity contribution in [3.8, 4) is 0 Å². The van der Waals surface area contributed by atoms with Crippen LogP contribution in [0, 0.1) is 12.8 Å². The number of hydrogen-bond donors (Lipinski definition) is 2. The second kappa shape index (κ2) is 5.92. The number of sulfonamides is 1. The Labute approximate surface area is 128 Å². The van der Waals surface area contributed by atoms with Crippen LogP contribution in [-0.2, 0) is 14.8 Å². The standard InChI is InChI=1S/C13H16ClNO5S/c1-8-6-9(14)2-3-12(8)21(19,20)15-5-4-11(16)10(7-15)13(17)18/h2-3,6,10-11,16H,4-5,7H2,1H3,(H,17,18). The van der Waals surface area contributed by atoms with Gasteiger partial charge in [0.1, 0.15) is 0 Å². The molecule has 1 aromatic carbocycles. The molecule has 1 saturated heterocycles. The molecule has 1 aliphatic rings. The Morgan fingerprint density at radius 1 is 1.43 bits per heavy atom. The van der Waals surface area contributed by atoms with E-state index in [9.17, 15) is 18.3 Å². The Morgan fingerprint density at radius 2 is 2.10 bits per heavy atom. The third-order valence-electron chi connectivity index (χ3n) is 3.61. The lowest BCUT2D eigenvalue weighted by Gasteiger charge is -2.33. The van der Waals surface area contributed by atoms with Gasteiger partial charge in [-0.15, -0.1) is 0 Å². The Hall–Kier alpha value is -1.15. The molecular weight excluding hydrogens is 318 g/mol. The number of benzene rings is 1. The minimum absolute atomic E-state index is 0.0926. The van der Waals surface area contributed by atoms with Crippen molar-refractivity contribution >= 4 is 27.6 Å². The largest absolute Gasteiger partial charge is 0.481 e. The van der Waals surface area contributed by atoms with Gasteiger partial charge in [0.15, 0.2) is 0 Å². The van der Waals surface area contributed by atoms with Crippen molar-refractivity contribution in [1.29, 1.82) is 0 Å². The van der Waals surface area contributed by atoms with E-state index in [2.05, 4.69) is 0 Å². The van der Waals surface area contributed by atoms with Crippen molar-refractivity contribution in [2.75, 3.05) is 13.1 Å². The van der Waals surface area contributed by atoms with E-state index in [1.54, 1.807) is 13.0 Å². The Morgan fingerprint density at radius 3 is 2.67 bits per heavy atom. The maximum Gasteiger partial charge on any atom is 0.310 e. The van der Waals surface area contributed by atoms with E-state index in [1.165, 1.54) is 12.1 Å². The van der Waals surface area contributed by atoms with Crippen LogP contribution in [0.5, 0.6) is 0 Å². The van der Waals surface area contributed by atoms with E-state index < -0.39 is 28.0 Å². The van der Waals surface area contributed by atoms with Crippen molar-refractivity contribution in [3.63, 3.8) is 0 Å². The first-order chi connectivity index (χ1) is 9.73. The van der Waals surface area contributed by atoms with Crippen LogP contribution in [0.2, 0.25) is 5.02 Å². The van der Waals surface area contributed by atoms with Crippen molar-refractivity contribution in [3.05, 3.63) is 28.8 Å². The van der Waals surface area contributed by atoms with Crippen LogP contribution in [0.1, 0.15) is 12.0 Å². The summed E-state index contributed by atoms with van der Waals surface area (Å²) in [6.45, 7) is 1.49. The number of aliphatic hydroxyl groups excluding tert-OH is 1. The average molecular weight is 334 g/mol. The molecule has 2 rings (SSSR count). The van der Waals surface area contributed by atoms with E-state index in [0.29, 0.717) is 10.6 Å². The maximum absolute atomic E-state index is 12.6. The summed E-state index contributed by atoms with van der Waals surface area (Å²) in [5.41, 5.74) is 0.500. The van der Waals surface area contributed by atoms with Crippen LogP contribution < -0.4 is 0 Å². The average Bonchev–Trinajstić information content (AvgIpc) is 2.38. The number of carboxylic acids is 1. The molecule has 0 saturated carbocycles. The topological polar surface area (TPSA) is 94.9 Å². The lowest BCUT2D eigenvalue weighted by atomic mass is 9.96. The van der Waals surface area contributed by atoms with Gasteiger partial charge in [-0.1, -0.05) is 11.6 Å². The molecule has 0 aromatic heterocycles. The number of aliphatic carboxylic acids is 1. The van der Waals surface area contributed by atoms with Crippen molar-refractivity contribution in [1.82, 2.24) is 4.31 Å². The molecule has 116 valence electrons. The van der Waals surface area contributed by atoms with Gasteiger partial charge in [0.25, 0.3) is 0 Å². The zero-order valence-electron chi connectivity index (χ0n) is 11.4. The van der Waals surface area contributed by atoms with Crippen LogP contribution in [-0.4, -0.2) is 48.1 Å². The van der Waals surface area contributed by atoms with Gasteiger partial charge in [-0.05, 0) is 37.1 Å². The number of aryl methyl sites for hydroxylation is 1. The Balaban J connectivity index is 2.33. The number of piperidine rings is 1. The normalized spacial score (nSPS) is 24.0. The fourth-order valence-electron chi connectivity index (χ4n) is 2.41.